The molecule has 6 rings (SSSR count). The Kier molecular flexibility index (Phi) is 6.77. The van der Waals surface area contributed by atoms with Gasteiger partial charge in [0.15, 0.2) is 0 Å². The molecule has 1 aliphatic carbocycles. The summed E-state index contributed by atoms with van der Waals surface area (Å²) in [5, 5.41) is 10.1. The van der Waals surface area contributed by atoms with E-state index < -0.39 is 0 Å². The average molecular weight is 495 g/mol. The van der Waals surface area contributed by atoms with Gasteiger partial charge < -0.3 is 14.8 Å². The van der Waals surface area contributed by atoms with Gasteiger partial charge in [-0.25, -0.2) is 0 Å². The highest BCUT2D eigenvalue weighted by Crippen LogP contribution is 2.47. The quantitative estimate of drug-likeness (QED) is 0.433. The first-order chi connectivity index (χ1) is 18.1. The Labute approximate surface area is 220 Å². The SMILES string of the molecule is O=CCN1CCC2(CCCN(c3ccc([C@H]4c5ccc(O)cc5CC[C@H]4c4ccccc4)cc3)CC2)C1. The normalized spacial score (nSPS) is 26.1. The van der Waals surface area contributed by atoms with Gasteiger partial charge in [-0.15, -0.1) is 0 Å². The molecule has 192 valence electrons. The number of nitrogens with zero attached hydrogens (tertiary/aromatic N) is 2. The van der Waals surface area contributed by atoms with Crippen molar-refractivity contribution in [2.24, 2.45) is 5.41 Å². The molecular weight excluding hydrogens is 456 g/mol. The molecule has 0 saturated carbocycles. The fraction of sp³-hybridized carbons (Fsp3) is 0.424. The van der Waals surface area contributed by atoms with Crippen molar-refractivity contribution in [2.45, 2.75) is 50.4 Å². The van der Waals surface area contributed by atoms with E-state index in [0.29, 0.717) is 23.6 Å². The topological polar surface area (TPSA) is 43.8 Å². The number of hydrogen-bond acceptors (Lipinski definition) is 4. The number of carbonyl (C=O) groups is 1. The molecule has 3 aromatic carbocycles. The summed E-state index contributed by atoms with van der Waals surface area (Å²) in [5.41, 5.74) is 7.09. The van der Waals surface area contributed by atoms with Gasteiger partial charge in [0.05, 0.1) is 6.54 Å². The van der Waals surface area contributed by atoms with E-state index in [1.807, 2.05) is 12.1 Å². The number of fused-ring (bicyclic) bond motifs is 1. The van der Waals surface area contributed by atoms with Crippen molar-refractivity contribution in [1.29, 1.82) is 0 Å². The number of rotatable bonds is 5. The number of anilines is 1. The smallest absolute Gasteiger partial charge is 0.133 e. The van der Waals surface area contributed by atoms with Gasteiger partial charge in [-0.1, -0.05) is 48.5 Å². The highest BCUT2D eigenvalue weighted by atomic mass is 16.3. The summed E-state index contributed by atoms with van der Waals surface area (Å²) in [5.74, 6) is 1.08. The van der Waals surface area contributed by atoms with E-state index >= 15 is 0 Å². The van der Waals surface area contributed by atoms with Crippen molar-refractivity contribution in [1.82, 2.24) is 4.90 Å². The molecule has 0 radical (unpaired) electrons. The van der Waals surface area contributed by atoms with Gasteiger partial charge in [-0.2, -0.15) is 0 Å². The van der Waals surface area contributed by atoms with Crippen LogP contribution < -0.4 is 4.90 Å². The van der Waals surface area contributed by atoms with Gasteiger partial charge in [0.25, 0.3) is 0 Å². The van der Waals surface area contributed by atoms with E-state index in [0.717, 1.165) is 45.3 Å². The molecule has 2 fully saturated rings. The Bertz CT molecular complexity index is 1220. The number of benzene rings is 3. The highest BCUT2D eigenvalue weighted by Gasteiger charge is 2.39. The monoisotopic (exact) mass is 494 g/mol. The standard InChI is InChI=1S/C33H38N2O2/c36-22-21-34-19-16-33(24-34)15-4-18-35(20-17-33)28-10-7-26(8-11-28)32-30(25-5-2-1-3-6-25)13-9-27-23-29(37)12-14-31(27)32/h1-3,5-8,10-12,14,22-23,30,32,37H,4,9,13,15-21,24H2/t30-,32+,33?/m0/s1. The number of aryl methyl sites for hydroxylation is 1. The number of phenolic OH excluding ortho intramolecular Hbond substituents is 1. The molecule has 2 aliphatic heterocycles. The maximum absolute atomic E-state index is 11.0. The van der Waals surface area contributed by atoms with Crippen LogP contribution in [-0.2, 0) is 11.2 Å². The van der Waals surface area contributed by atoms with Gasteiger partial charge in [0, 0.05) is 31.2 Å². The van der Waals surface area contributed by atoms with Crippen LogP contribution in [0.1, 0.15) is 66.2 Å². The van der Waals surface area contributed by atoms with E-state index in [9.17, 15) is 9.90 Å². The molecule has 2 heterocycles. The molecule has 4 nitrogen and oxygen atoms in total. The molecule has 37 heavy (non-hydrogen) atoms. The highest BCUT2D eigenvalue weighted by molar-refractivity contribution is 5.53. The number of phenols is 1. The lowest BCUT2D eigenvalue weighted by Gasteiger charge is -2.35. The van der Waals surface area contributed by atoms with Crippen LogP contribution in [0.4, 0.5) is 5.69 Å². The molecule has 3 aliphatic rings. The average Bonchev–Trinajstić information content (AvgIpc) is 3.21. The maximum Gasteiger partial charge on any atom is 0.133 e. The molecular formula is C33H38N2O2. The molecule has 4 heteroatoms. The first-order valence-corrected chi connectivity index (χ1v) is 14.0. The maximum atomic E-state index is 11.0. The van der Waals surface area contributed by atoms with Crippen molar-refractivity contribution in [3.05, 3.63) is 95.1 Å². The van der Waals surface area contributed by atoms with Crippen molar-refractivity contribution in [3.8, 4) is 5.75 Å². The minimum atomic E-state index is 0.287. The van der Waals surface area contributed by atoms with Crippen LogP contribution in [0.15, 0.2) is 72.8 Å². The second kappa shape index (κ2) is 10.3. The van der Waals surface area contributed by atoms with Gasteiger partial charge in [-0.05, 0) is 103 Å². The van der Waals surface area contributed by atoms with Crippen LogP contribution in [0.2, 0.25) is 0 Å². The lowest BCUT2D eigenvalue weighted by molar-refractivity contribution is -0.108. The Morgan fingerprint density at radius 3 is 2.51 bits per heavy atom. The van der Waals surface area contributed by atoms with E-state index in [1.54, 1.807) is 0 Å². The molecule has 2 saturated heterocycles. The van der Waals surface area contributed by atoms with E-state index in [2.05, 4.69) is 70.5 Å². The lowest BCUT2D eigenvalue weighted by Crippen LogP contribution is -2.30. The Hall–Kier alpha value is -3.11. The molecule has 0 aromatic heterocycles. The Morgan fingerprint density at radius 1 is 0.892 bits per heavy atom. The first kappa shape index (κ1) is 24.2. The summed E-state index contributed by atoms with van der Waals surface area (Å²) in [6, 6.07) is 26.2. The minimum absolute atomic E-state index is 0.287. The van der Waals surface area contributed by atoms with E-state index in [4.69, 9.17) is 0 Å². The Balaban J connectivity index is 1.24. The van der Waals surface area contributed by atoms with Crippen LogP contribution in [0.25, 0.3) is 0 Å². The lowest BCUT2D eigenvalue weighted by atomic mass is 9.69. The second-order valence-corrected chi connectivity index (χ2v) is 11.5. The van der Waals surface area contributed by atoms with Crippen LogP contribution in [0, 0.1) is 5.41 Å². The third kappa shape index (κ3) is 4.92. The van der Waals surface area contributed by atoms with Crippen molar-refractivity contribution in [2.75, 3.05) is 37.6 Å². The summed E-state index contributed by atoms with van der Waals surface area (Å²) in [6.45, 7) is 4.92. The van der Waals surface area contributed by atoms with Crippen LogP contribution in [-0.4, -0.2) is 49.0 Å². The number of aldehydes is 1. The van der Waals surface area contributed by atoms with Gasteiger partial charge in [0.1, 0.15) is 12.0 Å². The molecule has 0 bridgehead atoms. The summed E-state index contributed by atoms with van der Waals surface area (Å²) in [4.78, 5) is 15.9. The zero-order chi connectivity index (χ0) is 25.2. The van der Waals surface area contributed by atoms with E-state index in [1.165, 1.54) is 53.6 Å². The molecule has 1 unspecified atom stereocenters. The van der Waals surface area contributed by atoms with Crippen molar-refractivity contribution in [3.63, 3.8) is 0 Å². The largest absolute Gasteiger partial charge is 0.508 e. The summed E-state index contributed by atoms with van der Waals surface area (Å²) in [7, 11) is 0. The predicted octanol–water partition coefficient (Wildman–Crippen LogP) is 6.14. The Morgan fingerprint density at radius 2 is 1.70 bits per heavy atom. The van der Waals surface area contributed by atoms with Crippen LogP contribution in [0.5, 0.6) is 5.75 Å². The zero-order valence-electron chi connectivity index (χ0n) is 21.7. The predicted molar refractivity (Wildman–Crippen MR) is 150 cm³/mol. The van der Waals surface area contributed by atoms with E-state index in [-0.39, 0.29) is 5.92 Å². The fourth-order valence-corrected chi connectivity index (χ4v) is 7.38. The first-order valence-electron chi connectivity index (χ1n) is 14.0. The van der Waals surface area contributed by atoms with Crippen LogP contribution in [0.3, 0.4) is 0 Å². The van der Waals surface area contributed by atoms with Crippen LogP contribution >= 0.6 is 0 Å². The molecule has 0 amide bonds. The molecule has 1 spiro atoms. The second-order valence-electron chi connectivity index (χ2n) is 11.5. The number of likely N-dealkylation sites (tertiary alicyclic amines) is 1. The summed E-state index contributed by atoms with van der Waals surface area (Å²) < 4.78 is 0. The molecule has 3 aromatic rings. The summed E-state index contributed by atoms with van der Waals surface area (Å²) >= 11 is 0. The molecule has 3 atom stereocenters. The van der Waals surface area contributed by atoms with Crippen molar-refractivity contribution < 1.29 is 9.90 Å². The third-order valence-corrected chi connectivity index (χ3v) is 9.33. The summed E-state index contributed by atoms with van der Waals surface area (Å²) in [6.07, 6.45) is 8.05. The van der Waals surface area contributed by atoms with Gasteiger partial charge >= 0.3 is 0 Å². The molecule has 1 N–H and O–H groups in total. The van der Waals surface area contributed by atoms with Gasteiger partial charge in [0.2, 0.25) is 0 Å². The fourth-order valence-electron chi connectivity index (χ4n) is 7.38. The zero-order valence-corrected chi connectivity index (χ0v) is 21.7. The number of carbonyl (C=O) groups excluding carboxylic acids is 1. The third-order valence-electron chi connectivity index (χ3n) is 9.33. The minimum Gasteiger partial charge on any atom is -0.508 e. The number of hydrogen-bond donors (Lipinski definition) is 1. The van der Waals surface area contributed by atoms with Crippen molar-refractivity contribution >= 4 is 12.0 Å². The van der Waals surface area contributed by atoms with Gasteiger partial charge in [-0.3, -0.25) is 4.90 Å². The number of aromatic hydroxyl groups is 1.